The average Bonchev–Trinajstić information content (AvgIpc) is 2.73. The minimum atomic E-state index is -0.748. The van der Waals surface area contributed by atoms with Gasteiger partial charge in [0.1, 0.15) is 5.75 Å². The Bertz CT molecular complexity index is 900. The second-order valence-electron chi connectivity index (χ2n) is 6.83. The average molecular weight is 432 g/mol. The Morgan fingerprint density at radius 3 is 2.30 bits per heavy atom. The van der Waals surface area contributed by atoms with E-state index in [9.17, 15) is 14.4 Å². The van der Waals surface area contributed by atoms with Crippen LogP contribution in [0.5, 0.6) is 5.75 Å². The largest absolute Gasteiger partial charge is 0.481 e. The number of ether oxygens (including phenoxy) is 1. The van der Waals surface area contributed by atoms with Crippen LogP contribution in [0.15, 0.2) is 42.5 Å². The van der Waals surface area contributed by atoms with E-state index >= 15 is 0 Å². The molecule has 1 unspecified atom stereocenters. The third-order valence-electron chi connectivity index (χ3n) is 4.41. The van der Waals surface area contributed by atoms with E-state index in [0.717, 1.165) is 11.1 Å². The molecule has 0 bridgehead atoms. The molecule has 30 heavy (non-hydrogen) atoms. The van der Waals surface area contributed by atoms with Crippen LogP contribution in [0, 0.1) is 13.8 Å². The minimum absolute atomic E-state index is 0.0370. The van der Waals surface area contributed by atoms with Gasteiger partial charge >= 0.3 is 0 Å². The van der Waals surface area contributed by atoms with Gasteiger partial charge in [-0.05, 0) is 50.1 Å². The fourth-order valence-corrected chi connectivity index (χ4v) is 2.73. The van der Waals surface area contributed by atoms with Gasteiger partial charge in [0, 0.05) is 23.6 Å². The van der Waals surface area contributed by atoms with E-state index in [1.165, 1.54) is 0 Å². The molecule has 2 aromatic rings. The number of hydrazine groups is 1. The van der Waals surface area contributed by atoms with Crippen molar-refractivity contribution in [2.24, 2.45) is 0 Å². The molecule has 8 heteroatoms. The molecule has 0 aliphatic heterocycles. The molecule has 160 valence electrons. The normalized spacial score (nSPS) is 11.3. The SMILES string of the molecule is CCC(Oc1ccc(C)cc1)C(=O)NNC(=O)CCC(=O)Nc1cccc(Cl)c1C. The van der Waals surface area contributed by atoms with Crippen LogP contribution in [-0.2, 0) is 14.4 Å². The lowest BCUT2D eigenvalue weighted by Gasteiger charge is -2.17. The summed E-state index contributed by atoms with van der Waals surface area (Å²) >= 11 is 6.03. The van der Waals surface area contributed by atoms with Crippen molar-refractivity contribution >= 4 is 35.0 Å². The Morgan fingerprint density at radius 1 is 0.967 bits per heavy atom. The summed E-state index contributed by atoms with van der Waals surface area (Å²) in [6.45, 7) is 5.56. The lowest BCUT2D eigenvalue weighted by atomic mass is 10.2. The van der Waals surface area contributed by atoms with Gasteiger partial charge in [0.25, 0.3) is 5.91 Å². The molecule has 0 saturated carbocycles. The quantitative estimate of drug-likeness (QED) is 0.555. The number of aryl methyl sites for hydroxylation is 1. The molecule has 0 aromatic heterocycles. The molecule has 2 rings (SSSR count). The molecule has 3 amide bonds. The van der Waals surface area contributed by atoms with Crippen LogP contribution in [-0.4, -0.2) is 23.8 Å². The first-order chi connectivity index (χ1) is 14.3. The van der Waals surface area contributed by atoms with Gasteiger partial charge in [-0.3, -0.25) is 25.2 Å². The van der Waals surface area contributed by atoms with Crippen LogP contribution >= 0.6 is 11.6 Å². The maximum atomic E-state index is 12.3. The number of nitrogens with one attached hydrogen (secondary N) is 3. The zero-order chi connectivity index (χ0) is 22.1. The van der Waals surface area contributed by atoms with E-state index in [-0.39, 0.29) is 18.7 Å². The summed E-state index contributed by atoms with van der Waals surface area (Å²) in [6.07, 6.45) is -0.439. The molecule has 0 heterocycles. The van der Waals surface area contributed by atoms with Crippen molar-refractivity contribution in [3.63, 3.8) is 0 Å². The van der Waals surface area contributed by atoms with Gasteiger partial charge in [0.05, 0.1) is 0 Å². The van der Waals surface area contributed by atoms with Gasteiger partial charge in [-0.15, -0.1) is 0 Å². The predicted molar refractivity (Wildman–Crippen MR) is 116 cm³/mol. The van der Waals surface area contributed by atoms with Crippen molar-refractivity contribution in [1.82, 2.24) is 10.9 Å². The van der Waals surface area contributed by atoms with Crippen molar-refractivity contribution in [3.05, 3.63) is 58.6 Å². The predicted octanol–water partition coefficient (Wildman–Crippen LogP) is 3.68. The van der Waals surface area contributed by atoms with Crippen LogP contribution in [0.25, 0.3) is 0 Å². The Kier molecular flexibility index (Phi) is 8.68. The highest BCUT2D eigenvalue weighted by molar-refractivity contribution is 6.31. The summed E-state index contributed by atoms with van der Waals surface area (Å²) < 4.78 is 5.66. The van der Waals surface area contributed by atoms with E-state index in [2.05, 4.69) is 16.2 Å². The summed E-state index contributed by atoms with van der Waals surface area (Å²) in [6, 6.07) is 12.5. The number of carbonyl (C=O) groups is 3. The van der Waals surface area contributed by atoms with Gasteiger partial charge in [0.15, 0.2) is 6.10 Å². The lowest BCUT2D eigenvalue weighted by molar-refractivity contribution is -0.133. The number of carbonyl (C=O) groups excluding carboxylic acids is 3. The third kappa shape index (κ3) is 7.08. The number of anilines is 1. The Hall–Kier alpha value is -3.06. The molecular weight excluding hydrogens is 406 g/mol. The van der Waals surface area contributed by atoms with Crippen molar-refractivity contribution in [2.75, 3.05) is 5.32 Å². The van der Waals surface area contributed by atoms with Gasteiger partial charge in [-0.2, -0.15) is 0 Å². The van der Waals surface area contributed by atoms with Crippen molar-refractivity contribution < 1.29 is 19.1 Å². The zero-order valence-corrected chi connectivity index (χ0v) is 18.0. The van der Waals surface area contributed by atoms with Crippen molar-refractivity contribution in [3.8, 4) is 5.75 Å². The number of amides is 3. The second-order valence-corrected chi connectivity index (χ2v) is 7.23. The molecular formula is C22H26ClN3O4. The van der Waals surface area contributed by atoms with Gasteiger partial charge < -0.3 is 10.1 Å². The molecule has 0 spiro atoms. The number of hydrogen-bond donors (Lipinski definition) is 3. The fourth-order valence-electron chi connectivity index (χ4n) is 2.56. The maximum Gasteiger partial charge on any atom is 0.279 e. The van der Waals surface area contributed by atoms with Crippen LogP contribution in [0.1, 0.15) is 37.3 Å². The van der Waals surface area contributed by atoms with E-state index in [1.54, 1.807) is 37.3 Å². The summed E-state index contributed by atoms with van der Waals surface area (Å²) in [5.41, 5.74) is 7.09. The summed E-state index contributed by atoms with van der Waals surface area (Å²) in [7, 11) is 0. The summed E-state index contributed by atoms with van der Waals surface area (Å²) in [5, 5.41) is 3.27. The zero-order valence-electron chi connectivity index (χ0n) is 17.3. The third-order valence-corrected chi connectivity index (χ3v) is 4.82. The molecule has 0 saturated heterocycles. The van der Waals surface area contributed by atoms with E-state index < -0.39 is 17.9 Å². The monoisotopic (exact) mass is 431 g/mol. The van der Waals surface area contributed by atoms with E-state index in [4.69, 9.17) is 16.3 Å². The molecule has 1 atom stereocenters. The van der Waals surface area contributed by atoms with Gasteiger partial charge in [-0.1, -0.05) is 42.3 Å². The molecule has 0 fully saturated rings. The highest BCUT2D eigenvalue weighted by Crippen LogP contribution is 2.23. The lowest BCUT2D eigenvalue weighted by Crippen LogP contribution is -2.48. The molecule has 3 N–H and O–H groups in total. The first-order valence-electron chi connectivity index (χ1n) is 9.67. The number of halogens is 1. The van der Waals surface area contributed by atoms with Crippen LogP contribution in [0.3, 0.4) is 0 Å². The Labute approximate surface area is 181 Å². The first kappa shape index (κ1) is 23.2. The molecule has 0 aliphatic rings. The van der Waals surface area contributed by atoms with Gasteiger partial charge in [0.2, 0.25) is 11.8 Å². The highest BCUT2D eigenvalue weighted by Gasteiger charge is 2.19. The van der Waals surface area contributed by atoms with Crippen LogP contribution < -0.4 is 20.9 Å². The van der Waals surface area contributed by atoms with Crippen molar-refractivity contribution in [1.29, 1.82) is 0 Å². The number of hydrogen-bond acceptors (Lipinski definition) is 4. The molecule has 0 aliphatic carbocycles. The van der Waals surface area contributed by atoms with Crippen LogP contribution in [0.2, 0.25) is 5.02 Å². The Morgan fingerprint density at radius 2 is 1.63 bits per heavy atom. The number of benzene rings is 2. The fraction of sp³-hybridized carbons (Fsp3) is 0.318. The first-order valence-corrected chi connectivity index (χ1v) is 10.0. The topological polar surface area (TPSA) is 96.5 Å². The smallest absolute Gasteiger partial charge is 0.279 e. The summed E-state index contributed by atoms with van der Waals surface area (Å²) in [4.78, 5) is 36.3. The van der Waals surface area contributed by atoms with Crippen molar-refractivity contribution in [2.45, 2.75) is 46.1 Å². The maximum absolute atomic E-state index is 12.3. The Balaban J connectivity index is 1.75. The van der Waals surface area contributed by atoms with Gasteiger partial charge in [-0.25, -0.2) is 0 Å². The molecule has 2 aromatic carbocycles. The standard InChI is InChI=1S/C22H26ClN3O4/c1-4-19(30-16-10-8-14(2)9-11-16)22(29)26-25-21(28)13-12-20(27)24-18-7-5-6-17(23)15(18)3/h5-11,19H,4,12-13H2,1-3H3,(H,24,27)(H,25,28)(H,26,29). The molecule has 7 nitrogen and oxygen atoms in total. The van der Waals surface area contributed by atoms with E-state index in [0.29, 0.717) is 22.9 Å². The highest BCUT2D eigenvalue weighted by atomic mass is 35.5. The second kappa shape index (κ2) is 11.2. The molecule has 0 radical (unpaired) electrons. The minimum Gasteiger partial charge on any atom is -0.481 e. The van der Waals surface area contributed by atoms with E-state index in [1.807, 2.05) is 26.0 Å². The summed E-state index contributed by atoms with van der Waals surface area (Å²) in [5.74, 6) is -0.699. The van der Waals surface area contributed by atoms with Crippen LogP contribution in [0.4, 0.5) is 5.69 Å². The number of rotatable bonds is 8.